The minimum Gasteiger partial charge on any atom is -0.375 e. The molecule has 0 radical (unpaired) electrons. The first kappa shape index (κ1) is 10.6. The standard InChI is InChI=1S/C11H16N2O/c1-4-13(3)11-7-5-6-10(8-11)12-9(2)14/h5-8H,4H2,1-3H3,(H,12,14). The number of hydrogen-bond donors (Lipinski definition) is 1. The zero-order chi connectivity index (χ0) is 10.6. The van der Waals surface area contributed by atoms with Crippen molar-refractivity contribution >= 4 is 17.3 Å². The lowest BCUT2D eigenvalue weighted by Crippen LogP contribution is -2.16. The summed E-state index contributed by atoms with van der Waals surface area (Å²) in [5, 5.41) is 2.76. The Kier molecular flexibility index (Phi) is 3.51. The van der Waals surface area contributed by atoms with Crippen LogP contribution in [0.1, 0.15) is 13.8 Å². The molecule has 3 nitrogen and oxygen atoms in total. The Hall–Kier alpha value is -1.51. The van der Waals surface area contributed by atoms with Gasteiger partial charge in [0.1, 0.15) is 0 Å². The summed E-state index contributed by atoms with van der Waals surface area (Å²) in [5.74, 6) is -0.0405. The van der Waals surface area contributed by atoms with Crippen LogP contribution in [0, 0.1) is 0 Å². The molecule has 1 aromatic rings. The van der Waals surface area contributed by atoms with E-state index in [1.165, 1.54) is 6.92 Å². The van der Waals surface area contributed by atoms with Crippen LogP contribution in [0.25, 0.3) is 0 Å². The molecular weight excluding hydrogens is 176 g/mol. The molecule has 0 atom stereocenters. The molecule has 1 rings (SSSR count). The fraction of sp³-hybridized carbons (Fsp3) is 0.364. The molecule has 76 valence electrons. The minimum absolute atomic E-state index is 0.0405. The van der Waals surface area contributed by atoms with Gasteiger partial charge in [-0.25, -0.2) is 0 Å². The first-order chi connectivity index (χ1) is 6.63. The van der Waals surface area contributed by atoms with E-state index in [0.29, 0.717) is 0 Å². The van der Waals surface area contributed by atoms with Crippen molar-refractivity contribution in [2.45, 2.75) is 13.8 Å². The monoisotopic (exact) mass is 192 g/mol. The quantitative estimate of drug-likeness (QED) is 0.795. The summed E-state index contributed by atoms with van der Waals surface area (Å²) in [6.07, 6.45) is 0. The van der Waals surface area contributed by atoms with Crippen molar-refractivity contribution in [3.05, 3.63) is 24.3 Å². The third-order valence-corrected chi connectivity index (χ3v) is 2.08. The molecule has 0 aromatic heterocycles. The summed E-state index contributed by atoms with van der Waals surface area (Å²) in [7, 11) is 2.02. The topological polar surface area (TPSA) is 32.3 Å². The molecule has 0 saturated carbocycles. The summed E-state index contributed by atoms with van der Waals surface area (Å²) in [6, 6.07) is 7.81. The lowest BCUT2D eigenvalue weighted by atomic mass is 10.2. The number of benzene rings is 1. The third kappa shape index (κ3) is 2.76. The summed E-state index contributed by atoms with van der Waals surface area (Å²) in [4.78, 5) is 13.0. The number of carbonyl (C=O) groups excluding carboxylic acids is 1. The smallest absolute Gasteiger partial charge is 0.221 e. The maximum Gasteiger partial charge on any atom is 0.221 e. The van der Waals surface area contributed by atoms with Crippen molar-refractivity contribution in [1.29, 1.82) is 0 Å². The summed E-state index contributed by atoms with van der Waals surface area (Å²) < 4.78 is 0. The normalized spacial score (nSPS) is 9.64. The number of amides is 1. The Morgan fingerprint density at radius 1 is 1.50 bits per heavy atom. The van der Waals surface area contributed by atoms with E-state index in [0.717, 1.165) is 17.9 Å². The number of anilines is 2. The van der Waals surface area contributed by atoms with Gasteiger partial charge in [0.25, 0.3) is 0 Å². The van der Waals surface area contributed by atoms with Crippen LogP contribution in [0.4, 0.5) is 11.4 Å². The first-order valence-corrected chi connectivity index (χ1v) is 4.72. The van der Waals surface area contributed by atoms with Gasteiger partial charge in [-0.3, -0.25) is 4.79 Å². The number of nitrogens with zero attached hydrogens (tertiary/aromatic N) is 1. The molecule has 0 saturated heterocycles. The molecule has 0 heterocycles. The predicted molar refractivity (Wildman–Crippen MR) is 59.7 cm³/mol. The number of hydrogen-bond acceptors (Lipinski definition) is 2. The van der Waals surface area contributed by atoms with Crippen LogP contribution in [0.5, 0.6) is 0 Å². The van der Waals surface area contributed by atoms with Gasteiger partial charge in [0.15, 0.2) is 0 Å². The Labute approximate surface area is 84.7 Å². The summed E-state index contributed by atoms with van der Waals surface area (Å²) in [5.41, 5.74) is 1.95. The average Bonchev–Trinajstić information content (AvgIpc) is 2.16. The Morgan fingerprint density at radius 3 is 2.79 bits per heavy atom. The van der Waals surface area contributed by atoms with Crippen LogP contribution in [0.15, 0.2) is 24.3 Å². The highest BCUT2D eigenvalue weighted by atomic mass is 16.1. The molecule has 0 aliphatic heterocycles. The first-order valence-electron chi connectivity index (χ1n) is 4.72. The molecule has 1 N–H and O–H groups in total. The third-order valence-electron chi connectivity index (χ3n) is 2.08. The minimum atomic E-state index is -0.0405. The van der Waals surface area contributed by atoms with Crippen molar-refractivity contribution < 1.29 is 4.79 Å². The lowest BCUT2D eigenvalue weighted by Gasteiger charge is -2.17. The molecule has 0 fully saturated rings. The van der Waals surface area contributed by atoms with Gasteiger partial charge in [0.05, 0.1) is 0 Å². The van der Waals surface area contributed by atoms with E-state index in [9.17, 15) is 4.79 Å². The molecule has 14 heavy (non-hydrogen) atoms. The van der Waals surface area contributed by atoms with Crippen molar-refractivity contribution in [2.75, 3.05) is 23.8 Å². The lowest BCUT2D eigenvalue weighted by molar-refractivity contribution is -0.114. The van der Waals surface area contributed by atoms with E-state index in [1.807, 2.05) is 31.3 Å². The van der Waals surface area contributed by atoms with Gasteiger partial charge >= 0.3 is 0 Å². The van der Waals surface area contributed by atoms with Gasteiger partial charge in [-0.1, -0.05) is 6.07 Å². The van der Waals surface area contributed by atoms with Crippen molar-refractivity contribution in [2.24, 2.45) is 0 Å². The number of rotatable bonds is 3. The number of nitrogens with one attached hydrogen (secondary N) is 1. The zero-order valence-corrected chi connectivity index (χ0v) is 8.87. The van der Waals surface area contributed by atoms with E-state index in [2.05, 4.69) is 17.1 Å². The molecular formula is C11H16N2O. The van der Waals surface area contributed by atoms with Gasteiger partial charge in [-0.15, -0.1) is 0 Å². The van der Waals surface area contributed by atoms with Crippen molar-refractivity contribution in [1.82, 2.24) is 0 Å². The van der Waals surface area contributed by atoms with Gasteiger partial charge in [-0.05, 0) is 25.1 Å². The molecule has 0 aliphatic rings. The molecule has 0 spiro atoms. The molecule has 1 amide bonds. The van der Waals surface area contributed by atoms with Gasteiger partial charge in [0, 0.05) is 31.9 Å². The van der Waals surface area contributed by atoms with Crippen molar-refractivity contribution in [3.63, 3.8) is 0 Å². The van der Waals surface area contributed by atoms with Crippen LogP contribution in [-0.4, -0.2) is 19.5 Å². The molecule has 0 aliphatic carbocycles. The molecule has 0 unspecified atom stereocenters. The van der Waals surface area contributed by atoms with E-state index in [-0.39, 0.29) is 5.91 Å². The largest absolute Gasteiger partial charge is 0.375 e. The number of carbonyl (C=O) groups is 1. The fourth-order valence-corrected chi connectivity index (χ4v) is 1.21. The van der Waals surface area contributed by atoms with Gasteiger partial charge < -0.3 is 10.2 Å². The Balaban J connectivity index is 2.83. The molecule has 1 aromatic carbocycles. The molecule has 3 heteroatoms. The zero-order valence-electron chi connectivity index (χ0n) is 8.87. The second kappa shape index (κ2) is 4.65. The Bertz CT molecular complexity index is 323. The maximum absolute atomic E-state index is 10.8. The van der Waals surface area contributed by atoms with E-state index < -0.39 is 0 Å². The maximum atomic E-state index is 10.8. The van der Waals surface area contributed by atoms with Crippen LogP contribution < -0.4 is 10.2 Å². The fourth-order valence-electron chi connectivity index (χ4n) is 1.21. The SMILES string of the molecule is CCN(C)c1cccc(NC(C)=O)c1. The summed E-state index contributed by atoms with van der Waals surface area (Å²) >= 11 is 0. The molecule has 0 bridgehead atoms. The average molecular weight is 192 g/mol. The second-order valence-electron chi connectivity index (χ2n) is 3.25. The predicted octanol–water partition coefficient (Wildman–Crippen LogP) is 2.10. The second-order valence-corrected chi connectivity index (χ2v) is 3.25. The van der Waals surface area contributed by atoms with Crippen LogP contribution in [0.2, 0.25) is 0 Å². The van der Waals surface area contributed by atoms with Crippen LogP contribution >= 0.6 is 0 Å². The highest BCUT2D eigenvalue weighted by Crippen LogP contribution is 2.17. The van der Waals surface area contributed by atoms with Gasteiger partial charge in [0.2, 0.25) is 5.91 Å². The Morgan fingerprint density at radius 2 is 2.21 bits per heavy atom. The van der Waals surface area contributed by atoms with E-state index >= 15 is 0 Å². The van der Waals surface area contributed by atoms with Crippen molar-refractivity contribution in [3.8, 4) is 0 Å². The van der Waals surface area contributed by atoms with Crippen LogP contribution in [-0.2, 0) is 4.79 Å². The highest BCUT2D eigenvalue weighted by Gasteiger charge is 2.00. The van der Waals surface area contributed by atoms with Crippen LogP contribution in [0.3, 0.4) is 0 Å². The van der Waals surface area contributed by atoms with E-state index in [1.54, 1.807) is 0 Å². The van der Waals surface area contributed by atoms with Gasteiger partial charge in [-0.2, -0.15) is 0 Å². The summed E-state index contributed by atoms with van der Waals surface area (Å²) in [6.45, 7) is 4.55. The highest BCUT2D eigenvalue weighted by molar-refractivity contribution is 5.89. The van der Waals surface area contributed by atoms with E-state index in [4.69, 9.17) is 0 Å².